The van der Waals surface area contributed by atoms with Crippen LogP contribution < -0.4 is 14.2 Å². The Morgan fingerprint density at radius 1 is 1.06 bits per heavy atom. The average Bonchev–Trinajstić information content (AvgIpc) is 3.10. The molecule has 8 nitrogen and oxygen atoms in total. The van der Waals surface area contributed by atoms with Gasteiger partial charge in [0.2, 0.25) is 0 Å². The first-order valence-corrected chi connectivity index (χ1v) is 10.3. The van der Waals surface area contributed by atoms with Gasteiger partial charge in [0.15, 0.2) is 0 Å². The molecule has 174 valence electrons. The van der Waals surface area contributed by atoms with Gasteiger partial charge >= 0.3 is 0 Å². The second kappa shape index (κ2) is 10.7. The van der Waals surface area contributed by atoms with Crippen LogP contribution in [0.1, 0.15) is 17.2 Å². The summed E-state index contributed by atoms with van der Waals surface area (Å²) in [4.78, 5) is 27.4. The number of nitrogens with zero attached hydrogens (tertiary/aromatic N) is 1. The average molecular weight is 453 g/mol. The molecular weight excluding hydrogens is 426 g/mol. The van der Waals surface area contributed by atoms with Gasteiger partial charge in [-0.25, -0.2) is 0 Å². The smallest absolute Gasteiger partial charge is 0.295 e. The van der Waals surface area contributed by atoms with Crippen LogP contribution in [-0.2, 0) is 14.3 Å². The summed E-state index contributed by atoms with van der Waals surface area (Å²) in [7, 11) is 4.53. The van der Waals surface area contributed by atoms with Crippen LogP contribution in [0.15, 0.2) is 60.7 Å². The second-order valence-corrected chi connectivity index (χ2v) is 7.22. The van der Waals surface area contributed by atoms with Gasteiger partial charge in [0, 0.05) is 30.8 Å². The molecule has 1 aliphatic heterocycles. The van der Waals surface area contributed by atoms with Crippen LogP contribution in [0.2, 0.25) is 0 Å². The van der Waals surface area contributed by atoms with Crippen LogP contribution in [-0.4, -0.2) is 62.8 Å². The Morgan fingerprint density at radius 2 is 1.76 bits per heavy atom. The van der Waals surface area contributed by atoms with E-state index in [9.17, 15) is 14.7 Å². The summed E-state index contributed by atoms with van der Waals surface area (Å²) in [5, 5.41) is 11.1. The number of carbonyl (C=O) groups is 2. The van der Waals surface area contributed by atoms with Crippen molar-refractivity contribution in [2.24, 2.45) is 0 Å². The first-order valence-electron chi connectivity index (χ1n) is 10.3. The van der Waals surface area contributed by atoms with Gasteiger partial charge in [-0.15, -0.1) is 0 Å². The van der Waals surface area contributed by atoms with E-state index in [0.717, 1.165) is 0 Å². The highest BCUT2D eigenvalue weighted by molar-refractivity contribution is 6.46. The topological polar surface area (TPSA) is 94.5 Å². The van der Waals surface area contributed by atoms with E-state index < -0.39 is 17.7 Å². The minimum atomic E-state index is -0.863. The highest BCUT2D eigenvalue weighted by Crippen LogP contribution is 2.43. The fraction of sp³-hybridized carbons (Fsp3) is 0.280. The van der Waals surface area contributed by atoms with Crippen LogP contribution >= 0.6 is 0 Å². The van der Waals surface area contributed by atoms with Crippen molar-refractivity contribution in [1.29, 1.82) is 0 Å². The van der Waals surface area contributed by atoms with Crippen molar-refractivity contribution in [2.45, 2.75) is 6.04 Å². The van der Waals surface area contributed by atoms with Crippen molar-refractivity contribution >= 4 is 17.4 Å². The number of aliphatic hydroxyl groups is 1. The number of benzene rings is 2. The molecule has 0 aromatic heterocycles. The van der Waals surface area contributed by atoms with Crippen LogP contribution in [0, 0.1) is 0 Å². The number of ether oxygens (including phenoxy) is 4. The number of amides is 1. The summed E-state index contributed by atoms with van der Waals surface area (Å²) in [6.45, 7) is 4.32. The molecule has 1 N–H and O–H groups in total. The number of likely N-dealkylation sites (tertiary alicyclic amines) is 1. The Bertz CT molecular complexity index is 1060. The summed E-state index contributed by atoms with van der Waals surface area (Å²) in [5.41, 5.74) is 0.892. The number of rotatable bonds is 10. The van der Waals surface area contributed by atoms with Crippen LogP contribution in [0.4, 0.5) is 0 Å². The molecule has 1 heterocycles. The van der Waals surface area contributed by atoms with E-state index in [1.54, 1.807) is 48.5 Å². The number of ketones is 1. The number of methoxy groups -OCH3 is 3. The Kier molecular flexibility index (Phi) is 7.74. The standard InChI is InChI=1S/C25H27NO7/c1-5-13-33-17-8-6-16(7-9-17)23(27)21-22(26(12-14-30-2)25(29)24(21)28)19-11-10-18(31-3)15-20(19)32-4/h5-11,15,22,27H,1,12-14H2,2-4H3/b23-21+. The van der Waals surface area contributed by atoms with Gasteiger partial charge in [0.25, 0.3) is 11.7 Å². The predicted octanol–water partition coefficient (Wildman–Crippen LogP) is 3.34. The molecule has 8 heteroatoms. The summed E-state index contributed by atoms with van der Waals surface area (Å²) < 4.78 is 21.4. The lowest BCUT2D eigenvalue weighted by Gasteiger charge is -2.26. The van der Waals surface area contributed by atoms with Gasteiger partial charge in [-0.3, -0.25) is 9.59 Å². The molecule has 0 saturated carbocycles. The van der Waals surface area contributed by atoms with Crippen molar-refractivity contribution in [1.82, 2.24) is 4.90 Å². The summed E-state index contributed by atoms with van der Waals surface area (Å²) >= 11 is 0. The maximum Gasteiger partial charge on any atom is 0.295 e. The zero-order chi connectivity index (χ0) is 24.0. The van der Waals surface area contributed by atoms with Gasteiger partial charge < -0.3 is 29.0 Å². The molecule has 1 saturated heterocycles. The lowest BCUT2D eigenvalue weighted by atomic mass is 9.94. The monoisotopic (exact) mass is 453 g/mol. The molecule has 33 heavy (non-hydrogen) atoms. The number of hydrogen-bond donors (Lipinski definition) is 1. The van der Waals surface area contributed by atoms with E-state index in [0.29, 0.717) is 35.0 Å². The Hall–Kier alpha value is -3.78. The molecule has 1 aliphatic rings. The molecule has 0 spiro atoms. The quantitative estimate of drug-likeness (QED) is 0.255. The number of Topliss-reactive ketones (excluding diaryl/α,β-unsaturated/α-hetero) is 1. The third kappa shape index (κ3) is 4.85. The largest absolute Gasteiger partial charge is 0.507 e. The third-order valence-corrected chi connectivity index (χ3v) is 5.31. The summed E-state index contributed by atoms with van der Waals surface area (Å²) in [6, 6.07) is 10.8. The summed E-state index contributed by atoms with van der Waals surface area (Å²) in [6.07, 6.45) is 1.62. The molecule has 0 radical (unpaired) electrons. The Morgan fingerprint density at radius 3 is 2.36 bits per heavy atom. The van der Waals surface area contributed by atoms with E-state index in [4.69, 9.17) is 18.9 Å². The molecule has 0 bridgehead atoms. The van der Waals surface area contributed by atoms with E-state index >= 15 is 0 Å². The highest BCUT2D eigenvalue weighted by Gasteiger charge is 2.46. The molecule has 2 aromatic carbocycles. The Balaban J connectivity index is 2.13. The van der Waals surface area contributed by atoms with Crippen LogP contribution in [0.25, 0.3) is 5.76 Å². The van der Waals surface area contributed by atoms with Crippen molar-refractivity contribution < 1.29 is 33.6 Å². The molecule has 3 rings (SSSR count). The lowest BCUT2D eigenvalue weighted by Crippen LogP contribution is -2.32. The number of hydrogen-bond acceptors (Lipinski definition) is 7. The molecular formula is C25H27NO7. The molecule has 0 aliphatic carbocycles. The second-order valence-electron chi connectivity index (χ2n) is 7.22. The van der Waals surface area contributed by atoms with Crippen molar-refractivity contribution in [3.05, 3.63) is 71.8 Å². The van der Waals surface area contributed by atoms with E-state index in [1.807, 2.05) is 0 Å². The first kappa shape index (κ1) is 23.9. The van der Waals surface area contributed by atoms with Crippen molar-refractivity contribution in [2.75, 3.05) is 41.1 Å². The predicted molar refractivity (Wildman–Crippen MR) is 123 cm³/mol. The van der Waals surface area contributed by atoms with Gasteiger partial charge in [-0.1, -0.05) is 12.7 Å². The minimum absolute atomic E-state index is 0.0284. The molecule has 1 fully saturated rings. The van der Waals surface area contributed by atoms with E-state index in [2.05, 4.69) is 6.58 Å². The minimum Gasteiger partial charge on any atom is -0.507 e. The maximum atomic E-state index is 13.1. The molecule has 1 unspecified atom stereocenters. The zero-order valence-electron chi connectivity index (χ0n) is 18.9. The molecule has 2 aromatic rings. The van der Waals surface area contributed by atoms with Crippen molar-refractivity contribution in [3.63, 3.8) is 0 Å². The SMILES string of the molecule is C=CCOc1ccc(/C(O)=C2\C(=O)C(=O)N(CCOC)C2c2ccc(OC)cc2OC)cc1. The summed E-state index contributed by atoms with van der Waals surface area (Å²) in [5.74, 6) is -0.227. The fourth-order valence-electron chi connectivity index (χ4n) is 3.69. The molecule has 1 amide bonds. The van der Waals surface area contributed by atoms with Gasteiger partial charge in [0.05, 0.1) is 32.4 Å². The Labute approximate surface area is 192 Å². The maximum absolute atomic E-state index is 13.1. The van der Waals surface area contributed by atoms with E-state index in [-0.39, 0.29) is 24.5 Å². The normalized spacial score (nSPS) is 17.2. The number of carbonyl (C=O) groups excluding carboxylic acids is 2. The lowest BCUT2D eigenvalue weighted by molar-refractivity contribution is -0.140. The first-order chi connectivity index (χ1) is 16.0. The van der Waals surface area contributed by atoms with Crippen LogP contribution in [0.5, 0.6) is 17.2 Å². The number of aliphatic hydroxyl groups excluding tert-OH is 1. The van der Waals surface area contributed by atoms with Crippen LogP contribution in [0.3, 0.4) is 0 Å². The van der Waals surface area contributed by atoms with Gasteiger partial charge in [0.1, 0.15) is 29.6 Å². The third-order valence-electron chi connectivity index (χ3n) is 5.31. The van der Waals surface area contributed by atoms with Gasteiger partial charge in [-0.2, -0.15) is 0 Å². The molecule has 1 atom stereocenters. The fourth-order valence-corrected chi connectivity index (χ4v) is 3.69. The van der Waals surface area contributed by atoms with Crippen molar-refractivity contribution in [3.8, 4) is 17.2 Å². The zero-order valence-corrected chi connectivity index (χ0v) is 18.9. The highest BCUT2D eigenvalue weighted by atomic mass is 16.5. The van der Waals surface area contributed by atoms with Gasteiger partial charge in [-0.05, 0) is 36.4 Å². The van der Waals surface area contributed by atoms with E-state index in [1.165, 1.54) is 26.2 Å².